The molecule has 3 heterocycles. The number of amides is 1. The monoisotopic (exact) mass is 602 g/mol. The molecule has 6 rings (SSSR count). The van der Waals surface area contributed by atoms with E-state index in [0.29, 0.717) is 24.0 Å². The summed E-state index contributed by atoms with van der Waals surface area (Å²) < 4.78 is 50.2. The summed E-state index contributed by atoms with van der Waals surface area (Å²) in [5.41, 5.74) is 1.24. The van der Waals surface area contributed by atoms with Gasteiger partial charge in [0.1, 0.15) is 11.5 Å². The number of ether oxygens (including phenoxy) is 2. The van der Waals surface area contributed by atoms with Gasteiger partial charge in [0.15, 0.2) is 0 Å². The van der Waals surface area contributed by atoms with Gasteiger partial charge >= 0.3 is 12.3 Å². The Hall–Kier alpha value is -4.44. The lowest BCUT2D eigenvalue weighted by Crippen LogP contribution is -2.49. The van der Waals surface area contributed by atoms with Crippen LogP contribution in [0.5, 0.6) is 17.4 Å². The van der Waals surface area contributed by atoms with Crippen molar-refractivity contribution in [1.29, 1.82) is 0 Å². The second-order valence-electron chi connectivity index (χ2n) is 11.4. The van der Waals surface area contributed by atoms with Gasteiger partial charge in [-0.15, -0.1) is 0 Å². The molecule has 0 spiro atoms. The molecule has 0 bridgehead atoms. The Labute approximate surface area is 254 Å². The Morgan fingerprint density at radius 2 is 1.70 bits per heavy atom. The van der Waals surface area contributed by atoms with Crippen molar-refractivity contribution in [2.75, 3.05) is 13.1 Å². The number of halogens is 3. The van der Waals surface area contributed by atoms with Crippen LogP contribution in [0.25, 0.3) is 0 Å². The summed E-state index contributed by atoms with van der Waals surface area (Å²) in [6, 6.07) is 22.5. The number of benzene rings is 2. The van der Waals surface area contributed by atoms with Crippen LogP contribution >= 0.6 is 0 Å². The molecule has 1 amide bonds. The third-order valence-corrected chi connectivity index (χ3v) is 8.12. The van der Waals surface area contributed by atoms with E-state index in [1.165, 1.54) is 18.9 Å². The molecule has 2 aliphatic rings. The average molecular weight is 603 g/mol. The maximum absolute atomic E-state index is 13.5. The third kappa shape index (κ3) is 7.55. The van der Waals surface area contributed by atoms with E-state index in [2.05, 4.69) is 20.9 Å². The second-order valence-corrected chi connectivity index (χ2v) is 11.4. The number of alkyl halides is 3. The number of aromatic nitrogens is 2. The van der Waals surface area contributed by atoms with Crippen LogP contribution in [0.3, 0.4) is 0 Å². The number of piperidine rings is 1. The quantitative estimate of drug-likeness (QED) is 0.194. The van der Waals surface area contributed by atoms with Gasteiger partial charge in [-0.1, -0.05) is 36.4 Å². The Bertz CT molecular complexity index is 1520. The van der Waals surface area contributed by atoms with Crippen LogP contribution in [0.4, 0.5) is 18.0 Å². The predicted octanol–water partition coefficient (Wildman–Crippen LogP) is 7.90. The van der Waals surface area contributed by atoms with Crippen molar-refractivity contribution in [2.24, 2.45) is 5.92 Å². The second kappa shape index (κ2) is 13.1. The highest BCUT2D eigenvalue weighted by molar-refractivity contribution is 5.71. The van der Waals surface area contributed by atoms with Gasteiger partial charge in [0.05, 0.1) is 11.6 Å². The number of hydrogen-bond donors (Lipinski definition) is 0. The Balaban J connectivity index is 1.22. The molecule has 2 unspecified atom stereocenters. The number of likely N-dealkylation sites (tertiary alicyclic amines) is 1. The van der Waals surface area contributed by atoms with Crippen LogP contribution in [0.2, 0.25) is 0 Å². The van der Waals surface area contributed by atoms with E-state index < -0.39 is 17.8 Å². The van der Waals surface area contributed by atoms with E-state index in [4.69, 9.17) is 9.47 Å². The molecule has 2 aromatic carbocycles. The molecule has 44 heavy (non-hydrogen) atoms. The van der Waals surface area contributed by atoms with E-state index >= 15 is 0 Å². The molecule has 1 aliphatic heterocycles. The van der Waals surface area contributed by atoms with Crippen LogP contribution in [0, 0.1) is 5.92 Å². The molecule has 2 fully saturated rings. The van der Waals surface area contributed by atoms with Crippen LogP contribution < -0.4 is 9.47 Å². The number of carbonyl (C=O) groups excluding carboxylic acids is 1. The Kier molecular flexibility index (Phi) is 8.79. The number of pyridine rings is 2. The van der Waals surface area contributed by atoms with Crippen molar-refractivity contribution >= 4 is 6.09 Å². The zero-order chi connectivity index (χ0) is 30.5. The van der Waals surface area contributed by atoms with Crippen LogP contribution in [0.15, 0.2) is 97.5 Å². The van der Waals surface area contributed by atoms with E-state index in [-0.39, 0.29) is 18.0 Å². The highest BCUT2D eigenvalue weighted by Crippen LogP contribution is 2.38. The summed E-state index contributed by atoms with van der Waals surface area (Å²) in [5.74, 6) is 1.67. The minimum Gasteiger partial charge on any atom is -0.439 e. The lowest BCUT2D eigenvalue weighted by molar-refractivity contribution is -0.137. The summed E-state index contributed by atoms with van der Waals surface area (Å²) in [6.45, 7) is 2.33. The van der Waals surface area contributed by atoms with Crippen molar-refractivity contribution < 1.29 is 27.4 Å². The number of carbonyl (C=O) groups is 1. The molecule has 4 aromatic rings. The zero-order valence-corrected chi connectivity index (χ0v) is 24.1. The predicted molar refractivity (Wildman–Crippen MR) is 158 cm³/mol. The summed E-state index contributed by atoms with van der Waals surface area (Å²) in [7, 11) is 0. The van der Waals surface area contributed by atoms with E-state index in [0.717, 1.165) is 49.3 Å². The fraction of sp³-hybridized carbons (Fsp3) is 0.324. The van der Waals surface area contributed by atoms with Gasteiger partial charge < -0.3 is 14.4 Å². The maximum atomic E-state index is 13.5. The standard InChI is InChI=1S/C34H33F3N4O3/c35-34(36,37)27-12-15-32(39-21-27)43-30-13-10-26(11-14-30)31-19-28(16-18-41(31)33(42)44-29-6-2-1-3-7-29)40(22-24-8-9-24)23-25-5-4-17-38-20-25/h1-7,10-15,17,20-21,24,28,31H,8-9,16,18-19,22-23H2. The first-order valence-electron chi connectivity index (χ1n) is 14.8. The summed E-state index contributed by atoms with van der Waals surface area (Å²) in [6.07, 6.45) is 3.58. The lowest BCUT2D eigenvalue weighted by Gasteiger charge is -2.43. The zero-order valence-electron chi connectivity index (χ0n) is 24.1. The Morgan fingerprint density at radius 1 is 0.909 bits per heavy atom. The van der Waals surface area contributed by atoms with Gasteiger partial charge in [-0.3, -0.25) is 9.88 Å². The molecule has 1 saturated heterocycles. The molecule has 10 heteroatoms. The van der Waals surface area contributed by atoms with Crippen molar-refractivity contribution in [3.8, 4) is 17.4 Å². The van der Waals surface area contributed by atoms with E-state index in [1.54, 1.807) is 35.4 Å². The van der Waals surface area contributed by atoms with Crippen molar-refractivity contribution in [2.45, 2.75) is 50.5 Å². The number of hydrogen-bond acceptors (Lipinski definition) is 6. The van der Waals surface area contributed by atoms with Gasteiger partial charge in [0.2, 0.25) is 5.88 Å². The summed E-state index contributed by atoms with van der Waals surface area (Å²) in [5, 5.41) is 0. The van der Waals surface area contributed by atoms with Gasteiger partial charge in [0, 0.05) is 50.3 Å². The lowest BCUT2D eigenvalue weighted by atomic mass is 9.90. The highest BCUT2D eigenvalue weighted by atomic mass is 19.4. The van der Waals surface area contributed by atoms with Crippen molar-refractivity contribution in [3.63, 3.8) is 0 Å². The maximum Gasteiger partial charge on any atom is 0.417 e. The molecule has 1 saturated carbocycles. The average Bonchev–Trinajstić information content (AvgIpc) is 3.86. The summed E-state index contributed by atoms with van der Waals surface area (Å²) in [4.78, 5) is 25.9. The molecular weight excluding hydrogens is 569 g/mol. The van der Waals surface area contributed by atoms with Gasteiger partial charge in [-0.05, 0) is 79.1 Å². The molecule has 228 valence electrons. The first kappa shape index (κ1) is 29.6. The van der Waals surface area contributed by atoms with E-state index in [9.17, 15) is 18.0 Å². The number of nitrogens with zero attached hydrogens (tertiary/aromatic N) is 4. The van der Waals surface area contributed by atoms with Crippen LogP contribution in [-0.2, 0) is 12.7 Å². The number of para-hydroxylation sites is 1. The van der Waals surface area contributed by atoms with Crippen LogP contribution in [0.1, 0.15) is 48.4 Å². The first-order valence-corrected chi connectivity index (χ1v) is 14.8. The minimum absolute atomic E-state index is 0.0580. The first-order chi connectivity index (χ1) is 21.3. The van der Waals surface area contributed by atoms with Crippen LogP contribution in [-0.4, -0.2) is 45.0 Å². The molecular formula is C34H33F3N4O3. The fourth-order valence-electron chi connectivity index (χ4n) is 5.65. The Morgan fingerprint density at radius 3 is 2.36 bits per heavy atom. The van der Waals surface area contributed by atoms with E-state index in [1.807, 2.05) is 42.6 Å². The van der Waals surface area contributed by atoms with Crippen molar-refractivity contribution in [1.82, 2.24) is 19.8 Å². The normalized spacial score (nSPS) is 18.7. The largest absolute Gasteiger partial charge is 0.439 e. The topological polar surface area (TPSA) is 67.8 Å². The van der Waals surface area contributed by atoms with Gasteiger partial charge in [0.25, 0.3) is 0 Å². The smallest absolute Gasteiger partial charge is 0.417 e. The third-order valence-electron chi connectivity index (χ3n) is 8.12. The molecule has 0 N–H and O–H groups in total. The van der Waals surface area contributed by atoms with Gasteiger partial charge in [-0.25, -0.2) is 9.78 Å². The molecule has 7 nitrogen and oxygen atoms in total. The fourth-order valence-corrected chi connectivity index (χ4v) is 5.65. The summed E-state index contributed by atoms with van der Waals surface area (Å²) >= 11 is 0. The number of rotatable bonds is 9. The molecule has 2 aromatic heterocycles. The van der Waals surface area contributed by atoms with Gasteiger partial charge in [-0.2, -0.15) is 13.2 Å². The molecule has 2 atom stereocenters. The molecule has 1 aliphatic carbocycles. The molecule has 0 radical (unpaired) electrons. The van der Waals surface area contributed by atoms with Crippen molar-refractivity contribution in [3.05, 3.63) is 114 Å². The SMILES string of the molecule is O=C(Oc1ccccc1)N1CCC(N(Cc2cccnc2)CC2CC2)CC1c1ccc(Oc2ccc(C(F)(F)F)cn2)cc1. The highest BCUT2D eigenvalue weighted by Gasteiger charge is 2.38. The minimum atomic E-state index is -4.47.